The highest BCUT2D eigenvalue weighted by Gasteiger charge is 2.11. The van der Waals surface area contributed by atoms with Gasteiger partial charge in [-0.25, -0.2) is 0 Å². The van der Waals surface area contributed by atoms with Crippen LogP contribution in [0.4, 0.5) is 0 Å². The molecular formula is C19H20N2O3S. The molecule has 2 heterocycles. The first kappa shape index (κ1) is 17.2. The van der Waals surface area contributed by atoms with Gasteiger partial charge < -0.3 is 9.84 Å². The van der Waals surface area contributed by atoms with Crippen molar-refractivity contribution in [2.24, 2.45) is 0 Å². The van der Waals surface area contributed by atoms with Crippen molar-refractivity contribution >= 4 is 11.3 Å². The molecule has 0 unspecified atom stereocenters. The Kier molecular flexibility index (Phi) is 5.50. The quantitative estimate of drug-likeness (QED) is 0.681. The number of H-pyrrole nitrogens is 1. The van der Waals surface area contributed by atoms with Crippen molar-refractivity contribution in [2.75, 3.05) is 6.61 Å². The minimum Gasteiger partial charge on any atom is -0.494 e. The zero-order valence-corrected chi connectivity index (χ0v) is 14.8. The predicted octanol–water partition coefficient (Wildman–Crippen LogP) is 3.31. The van der Waals surface area contributed by atoms with E-state index < -0.39 is 0 Å². The lowest BCUT2D eigenvalue weighted by Crippen LogP contribution is -2.05. The summed E-state index contributed by atoms with van der Waals surface area (Å²) in [6.07, 6.45) is 4.06. The third-order valence-corrected chi connectivity index (χ3v) is 4.81. The van der Waals surface area contributed by atoms with Crippen molar-refractivity contribution in [3.63, 3.8) is 0 Å². The first-order valence-electron chi connectivity index (χ1n) is 8.21. The maximum atomic E-state index is 11.3. The van der Waals surface area contributed by atoms with Crippen LogP contribution in [0.25, 0.3) is 0 Å². The first-order chi connectivity index (χ1) is 12.2. The van der Waals surface area contributed by atoms with Crippen molar-refractivity contribution in [3.05, 3.63) is 74.0 Å². The van der Waals surface area contributed by atoms with Gasteiger partial charge in [-0.3, -0.25) is 14.8 Å². The van der Waals surface area contributed by atoms with Gasteiger partial charge in [-0.15, -0.1) is 0 Å². The summed E-state index contributed by atoms with van der Waals surface area (Å²) in [6, 6.07) is 11.8. The van der Waals surface area contributed by atoms with Crippen molar-refractivity contribution in [1.82, 2.24) is 9.97 Å². The fourth-order valence-corrected chi connectivity index (χ4v) is 3.26. The second-order valence-electron chi connectivity index (χ2n) is 5.68. The summed E-state index contributed by atoms with van der Waals surface area (Å²) in [5, 5.41) is 9.76. The van der Waals surface area contributed by atoms with Gasteiger partial charge in [0, 0.05) is 24.7 Å². The maximum absolute atomic E-state index is 11.3. The van der Waals surface area contributed by atoms with Gasteiger partial charge in [-0.2, -0.15) is 0 Å². The number of para-hydroxylation sites is 1. The lowest BCUT2D eigenvalue weighted by molar-refractivity contribution is 0.317. The second kappa shape index (κ2) is 7.98. The van der Waals surface area contributed by atoms with Crippen LogP contribution in [0.2, 0.25) is 0 Å². The molecule has 0 amide bonds. The summed E-state index contributed by atoms with van der Waals surface area (Å²) in [6.45, 7) is 2.63. The summed E-state index contributed by atoms with van der Waals surface area (Å²) in [7, 11) is 0. The molecule has 5 nitrogen and oxygen atoms in total. The fourth-order valence-electron chi connectivity index (χ4n) is 2.51. The summed E-state index contributed by atoms with van der Waals surface area (Å²) in [5.74, 6) is 0.693. The van der Waals surface area contributed by atoms with Crippen LogP contribution in [0.5, 0.6) is 11.6 Å². The molecule has 1 aromatic carbocycles. The first-order valence-corrected chi connectivity index (χ1v) is 9.03. The number of aryl methyl sites for hydroxylation is 1. The topological polar surface area (TPSA) is 75.2 Å². The molecular weight excluding hydrogens is 336 g/mol. The van der Waals surface area contributed by atoms with E-state index in [1.54, 1.807) is 0 Å². The Balaban J connectivity index is 1.64. The molecule has 3 rings (SSSR count). The van der Waals surface area contributed by atoms with Gasteiger partial charge >= 0.3 is 4.87 Å². The van der Waals surface area contributed by atoms with E-state index in [1.807, 2.05) is 36.5 Å². The van der Waals surface area contributed by atoms with E-state index in [0.717, 1.165) is 41.2 Å². The van der Waals surface area contributed by atoms with Gasteiger partial charge in [0.1, 0.15) is 5.75 Å². The van der Waals surface area contributed by atoms with E-state index in [1.165, 1.54) is 5.56 Å². The number of benzene rings is 1. The number of aromatic amines is 1. The third-order valence-electron chi connectivity index (χ3n) is 3.93. The predicted molar refractivity (Wildman–Crippen MR) is 98.7 cm³/mol. The van der Waals surface area contributed by atoms with Crippen molar-refractivity contribution in [3.8, 4) is 11.6 Å². The zero-order valence-electron chi connectivity index (χ0n) is 14.0. The Morgan fingerprint density at radius 1 is 1.24 bits per heavy atom. The smallest absolute Gasteiger partial charge is 0.307 e. The maximum Gasteiger partial charge on any atom is 0.307 e. The van der Waals surface area contributed by atoms with Crippen LogP contribution in [0.1, 0.15) is 28.6 Å². The highest BCUT2D eigenvalue weighted by atomic mass is 32.1. The summed E-state index contributed by atoms with van der Waals surface area (Å²) >= 11 is 1.02. The van der Waals surface area contributed by atoms with E-state index in [4.69, 9.17) is 4.74 Å². The lowest BCUT2D eigenvalue weighted by Gasteiger charge is -2.11. The Hall–Kier alpha value is -2.60. The SMILES string of the molecule is CCc1ccc(CCOc2ccccc2Cc2sc(=O)[nH]c2O)nc1. The van der Waals surface area contributed by atoms with Gasteiger partial charge in [0.25, 0.3) is 0 Å². The monoisotopic (exact) mass is 356 g/mol. The molecule has 0 fully saturated rings. The van der Waals surface area contributed by atoms with E-state index in [-0.39, 0.29) is 10.8 Å². The van der Waals surface area contributed by atoms with Crippen LogP contribution < -0.4 is 9.61 Å². The molecule has 2 N–H and O–H groups in total. The molecule has 0 aliphatic rings. The van der Waals surface area contributed by atoms with Crippen LogP contribution in [0.3, 0.4) is 0 Å². The number of nitrogens with one attached hydrogen (secondary N) is 1. The molecule has 0 radical (unpaired) electrons. The Morgan fingerprint density at radius 3 is 2.76 bits per heavy atom. The molecule has 6 heteroatoms. The molecule has 2 aromatic heterocycles. The van der Waals surface area contributed by atoms with Crippen LogP contribution in [-0.2, 0) is 19.3 Å². The number of pyridine rings is 1. The summed E-state index contributed by atoms with van der Waals surface area (Å²) in [4.78, 5) is 18.5. The van der Waals surface area contributed by atoms with Crippen molar-refractivity contribution < 1.29 is 9.84 Å². The minimum atomic E-state index is -0.257. The number of thiazole rings is 1. The fraction of sp³-hybridized carbons (Fsp3) is 0.263. The number of ether oxygens (including phenoxy) is 1. The van der Waals surface area contributed by atoms with Gasteiger partial charge in [-0.05, 0) is 29.7 Å². The minimum absolute atomic E-state index is 0.0648. The second-order valence-corrected chi connectivity index (χ2v) is 6.75. The van der Waals surface area contributed by atoms with Gasteiger partial charge in [0.05, 0.1) is 11.5 Å². The molecule has 0 aliphatic heterocycles. The summed E-state index contributed by atoms with van der Waals surface area (Å²) in [5.41, 5.74) is 3.15. The number of hydrogen-bond donors (Lipinski definition) is 2. The highest BCUT2D eigenvalue weighted by molar-refractivity contribution is 7.09. The molecule has 0 bridgehead atoms. The molecule has 0 spiro atoms. The number of hydrogen-bond acceptors (Lipinski definition) is 5. The molecule has 0 atom stereocenters. The van der Waals surface area contributed by atoms with Gasteiger partial charge in [0.15, 0.2) is 0 Å². The number of aromatic hydroxyl groups is 1. The van der Waals surface area contributed by atoms with Crippen molar-refractivity contribution in [1.29, 1.82) is 0 Å². The average Bonchev–Trinajstić information content (AvgIpc) is 2.94. The number of nitrogens with zero attached hydrogens (tertiary/aromatic N) is 1. The van der Waals surface area contributed by atoms with E-state index in [0.29, 0.717) is 17.9 Å². The standard InChI is InChI=1S/C19H20N2O3S/c1-2-13-7-8-15(20-12-13)9-10-24-16-6-4-3-5-14(16)11-17-18(22)21-19(23)25-17/h3-8,12,22H,2,9-11H2,1H3,(H,21,23). The van der Waals surface area contributed by atoms with E-state index in [2.05, 4.69) is 23.0 Å². The summed E-state index contributed by atoms with van der Waals surface area (Å²) < 4.78 is 5.91. The number of aromatic nitrogens is 2. The molecule has 25 heavy (non-hydrogen) atoms. The van der Waals surface area contributed by atoms with E-state index >= 15 is 0 Å². The van der Waals surface area contributed by atoms with Crippen LogP contribution in [-0.4, -0.2) is 21.7 Å². The molecule has 0 aliphatic carbocycles. The molecule has 3 aromatic rings. The van der Waals surface area contributed by atoms with Crippen molar-refractivity contribution in [2.45, 2.75) is 26.2 Å². The highest BCUT2D eigenvalue weighted by Crippen LogP contribution is 2.26. The van der Waals surface area contributed by atoms with Gasteiger partial charge in [0.2, 0.25) is 5.88 Å². The third kappa shape index (κ3) is 4.48. The van der Waals surface area contributed by atoms with Crippen LogP contribution in [0.15, 0.2) is 47.4 Å². The molecule has 0 saturated heterocycles. The zero-order chi connectivity index (χ0) is 17.6. The Bertz CT molecular complexity index is 884. The Morgan fingerprint density at radius 2 is 2.08 bits per heavy atom. The molecule has 0 saturated carbocycles. The van der Waals surface area contributed by atoms with Crippen LogP contribution >= 0.6 is 11.3 Å². The average molecular weight is 356 g/mol. The van der Waals surface area contributed by atoms with E-state index in [9.17, 15) is 9.90 Å². The van der Waals surface area contributed by atoms with Gasteiger partial charge in [-0.1, -0.05) is 42.5 Å². The normalized spacial score (nSPS) is 10.8. The lowest BCUT2D eigenvalue weighted by atomic mass is 10.1. The largest absolute Gasteiger partial charge is 0.494 e. The Labute approximate surface area is 150 Å². The van der Waals surface area contributed by atoms with Crippen LogP contribution in [0, 0.1) is 0 Å². The molecule has 130 valence electrons. The number of rotatable bonds is 7.